The summed E-state index contributed by atoms with van der Waals surface area (Å²) >= 11 is 1.15. The fourth-order valence-corrected chi connectivity index (χ4v) is 2.61. The summed E-state index contributed by atoms with van der Waals surface area (Å²) in [5.74, 6) is -0.207. The highest BCUT2D eigenvalue weighted by Gasteiger charge is 2.20. The van der Waals surface area contributed by atoms with Gasteiger partial charge in [0.1, 0.15) is 5.82 Å². The Bertz CT molecular complexity index is 492. The zero-order chi connectivity index (χ0) is 14.5. The molecule has 2 heterocycles. The third kappa shape index (κ3) is 4.14. The normalized spacial score (nSPS) is 16.8. The number of amides is 2. The number of aliphatic carboxylic acids is 1. The van der Waals surface area contributed by atoms with Crippen molar-refractivity contribution in [2.45, 2.75) is 13.3 Å². The number of carbonyl (C=O) groups excluding carboxylic acids is 1. The third-order valence-corrected chi connectivity index (χ3v) is 3.70. The number of hydrogen-bond acceptors (Lipinski definition) is 6. The molecule has 0 atom stereocenters. The Kier molecular flexibility index (Phi) is 4.85. The van der Waals surface area contributed by atoms with E-state index < -0.39 is 5.97 Å². The second-order valence-electron chi connectivity index (χ2n) is 4.59. The van der Waals surface area contributed by atoms with E-state index in [0.717, 1.165) is 18.0 Å². The number of urea groups is 1. The van der Waals surface area contributed by atoms with Gasteiger partial charge in [0.15, 0.2) is 0 Å². The van der Waals surface area contributed by atoms with Gasteiger partial charge in [-0.05, 0) is 13.3 Å². The van der Waals surface area contributed by atoms with Gasteiger partial charge in [-0.15, -0.1) is 0 Å². The van der Waals surface area contributed by atoms with E-state index in [1.54, 1.807) is 11.8 Å². The molecule has 0 bridgehead atoms. The summed E-state index contributed by atoms with van der Waals surface area (Å²) in [6.45, 7) is 4.16. The van der Waals surface area contributed by atoms with E-state index in [1.165, 1.54) is 0 Å². The predicted octanol–water partition coefficient (Wildman–Crippen LogP) is 0.471. The Morgan fingerprint density at radius 2 is 2.15 bits per heavy atom. The number of aryl methyl sites for hydroxylation is 1. The number of nitrogens with zero attached hydrogens (tertiary/aromatic N) is 4. The fraction of sp³-hybridized carbons (Fsp3) is 0.636. The topological polar surface area (TPSA) is 98.7 Å². The summed E-state index contributed by atoms with van der Waals surface area (Å²) in [6.07, 6.45) is 0.760. The molecule has 8 nitrogen and oxygen atoms in total. The maximum Gasteiger partial charge on any atom is 0.323 e. The maximum atomic E-state index is 12.1. The average molecular weight is 299 g/mol. The predicted molar refractivity (Wildman–Crippen MR) is 73.9 cm³/mol. The molecule has 1 aliphatic heterocycles. The number of nitrogens with one attached hydrogen (secondary N) is 1. The average Bonchev–Trinajstić information content (AvgIpc) is 2.64. The first-order valence-electron chi connectivity index (χ1n) is 6.35. The summed E-state index contributed by atoms with van der Waals surface area (Å²) < 4.78 is 4.00. The minimum atomic E-state index is -0.841. The van der Waals surface area contributed by atoms with Crippen molar-refractivity contribution in [1.29, 1.82) is 0 Å². The first-order valence-corrected chi connectivity index (χ1v) is 7.12. The van der Waals surface area contributed by atoms with Gasteiger partial charge in [0.05, 0.1) is 6.54 Å². The van der Waals surface area contributed by atoms with Crippen LogP contribution in [0.1, 0.15) is 12.2 Å². The molecule has 9 heteroatoms. The summed E-state index contributed by atoms with van der Waals surface area (Å²) in [6, 6.07) is -0.210. The molecule has 110 valence electrons. The molecule has 0 saturated carbocycles. The second kappa shape index (κ2) is 6.62. The first kappa shape index (κ1) is 14.7. The molecule has 2 N–H and O–H groups in total. The number of aromatic nitrogens is 2. The van der Waals surface area contributed by atoms with E-state index in [-0.39, 0.29) is 12.6 Å². The Labute approximate surface area is 120 Å². The molecule has 1 aromatic rings. The number of anilines is 1. The zero-order valence-electron chi connectivity index (χ0n) is 11.2. The minimum absolute atomic E-state index is 0.0189. The summed E-state index contributed by atoms with van der Waals surface area (Å²) in [4.78, 5) is 30.4. The van der Waals surface area contributed by atoms with E-state index in [2.05, 4.69) is 14.7 Å². The lowest BCUT2D eigenvalue weighted by molar-refractivity contribution is -0.138. The molecule has 2 rings (SSSR count). The van der Waals surface area contributed by atoms with Crippen molar-refractivity contribution in [1.82, 2.24) is 19.2 Å². The van der Waals surface area contributed by atoms with Crippen molar-refractivity contribution >= 4 is 28.7 Å². The van der Waals surface area contributed by atoms with Crippen LogP contribution < -0.4 is 5.32 Å². The van der Waals surface area contributed by atoms with Crippen molar-refractivity contribution in [3.63, 3.8) is 0 Å². The largest absolute Gasteiger partial charge is 0.480 e. The van der Waals surface area contributed by atoms with Crippen LogP contribution in [0.15, 0.2) is 0 Å². The van der Waals surface area contributed by atoms with E-state index >= 15 is 0 Å². The summed E-state index contributed by atoms with van der Waals surface area (Å²) in [5.41, 5.74) is 0. The standard InChI is InChI=1S/C11H17N5O3S/c1-8-12-10(20-14-8)13-11(19)16-4-2-3-15(5-6-16)7-9(17)18/h2-7H2,1H3,(H,17,18)(H,12,13,14,19). The lowest BCUT2D eigenvalue weighted by Crippen LogP contribution is -2.38. The van der Waals surface area contributed by atoms with Gasteiger partial charge in [-0.25, -0.2) is 9.78 Å². The monoisotopic (exact) mass is 299 g/mol. The van der Waals surface area contributed by atoms with E-state index in [1.807, 2.05) is 4.90 Å². The van der Waals surface area contributed by atoms with Crippen LogP contribution in [-0.4, -0.2) is 69.0 Å². The highest BCUT2D eigenvalue weighted by atomic mass is 32.1. The van der Waals surface area contributed by atoms with Gasteiger partial charge in [-0.1, -0.05) is 0 Å². The SMILES string of the molecule is Cc1nsc(NC(=O)N2CCCN(CC(=O)O)CC2)n1. The van der Waals surface area contributed by atoms with E-state index in [0.29, 0.717) is 37.1 Å². The number of rotatable bonds is 3. The Balaban J connectivity index is 1.86. The number of hydrogen-bond donors (Lipinski definition) is 2. The lowest BCUT2D eigenvalue weighted by atomic mass is 10.4. The Morgan fingerprint density at radius 3 is 2.80 bits per heavy atom. The van der Waals surface area contributed by atoms with Crippen LogP contribution in [-0.2, 0) is 4.79 Å². The van der Waals surface area contributed by atoms with Gasteiger partial charge in [0.2, 0.25) is 5.13 Å². The van der Waals surface area contributed by atoms with Crippen LogP contribution in [0.2, 0.25) is 0 Å². The molecular formula is C11H17N5O3S. The quantitative estimate of drug-likeness (QED) is 0.842. The fourth-order valence-electron chi connectivity index (χ4n) is 2.04. The van der Waals surface area contributed by atoms with Crippen molar-refractivity contribution in [3.05, 3.63) is 5.82 Å². The van der Waals surface area contributed by atoms with Crippen LogP contribution in [0.5, 0.6) is 0 Å². The molecule has 0 aliphatic carbocycles. The highest BCUT2D eigenvalue weighted by molar-refractivity contribution is 7.09. The van der Waals surface area contributed by atoms with E-state index in [9.17, 15) is 9.59 Å². The molecule has 1 fully saturated rings. The second-order valence-corrected chi connectivity index (χ2v) is 5.34. The molecule has 0 spiro atoms. The van der Waals surface area contributed by atoms with Crippen LogP contribution in [0.3, 0.4) is 0 Å². The number of carboxylic acids is 1. The van der Waals surface area contributed by atoms with Crippen molar-refractivity contribution in [3.8, 4) is 0 Å². The summed E-state index contributed by atoms with van der Waals surface area (Å²) in [5, 5.41) is 12.0. The molecule has 20 heavy (non-hydrogen) atoms. The van der Waals surface area contributed by atoms with Gasteiger partial charge in [0, 0.05) is 37.7 Å². The van der Waals surface area contributed by atoms with Crippen molar-refractivity contribution < 1.29 is 14.7 Å². The van der Waals surface area contributed by atoms with Crippen LogP contribution in [0.4, 0.5) is 9.93 Å². The van der Waals surface area contributed by atoms with Gasteiger partial charge in [-0.2, -0.15) is 4.37 Å². The number of carbonyl (C=O) groups is 2. The molecule has 0 unspecified atom stereocenters. The Morgan fingerprint density at radius 1 is 1.35 bits per heavy atom. The van der Waals surface area contributed by atoms with Crippen molar-refractivity contribution in [2.24, 2.45) is 0 Å². The molecule has 1 saturated heterocycles. The van der Waals surface area contributed by atoms with Gasteiger partial charge in [-0.3, -0.25) is 15.0 Å². The molecule has 0 radical (unpaired) electrons. The zero-order valence-corrected chi connectivity index (χ0v) is 12.0. The van der Waals surface area contributed by atoms with Crippen molar-refractivity contribution in [2.75, 3.05) is 38.0 Å². The minimum Gasteiger partial charge on any atom is -0.480 e. The molecular weight excluding hydrogens is 282 g/mol. The first-order chi connectivity index (χ1) is 9.54. The van der Waals surface area contributed by atoms with Crippen LogP contribution >= 0.6 is 11.5 Å². The molecule has 1 aromatic heterocycles. The smallest absolute Gasteiger partial charge is 0.323 e. The molecule has 1 aliphatic rings. The van der Waals surface area contributed by atoms with Gasteiger partial charge < -0.3 is 10.0 Å². The van der Waals surface area contributed by atoms with Gasteiger partial charge in [0.25, 0.3) is 0 Å². The lowest BCUT2D eigenvalue weighted by Gasteiger charge is -2.20. The highest BCUT2D eigenvalue weighted by Crippen LogP contribution is 2.12. The van der Waals surface area contributed by atoms with E-state index in [4.69, 9.17) is 5.11 Å². The summed E-state index contributed by atoms with van der Waals surface area (Å²) in [7, 11) is 0. The molecule has 2 amide bonds. The number of carboxylic acid groups (broad SMARTS) is 1. The Hall–Kier alpha value is -1.74. The maximum absolute atomic E-state index is 12.1. The van der Waals surface area contributed by atoms with Gasteiger partial charge >= 0.3 is 12.0 Å². The van der Waals surface area contributed by atoms with Crippen LogP contribution in [0, 0.1) is 6.92 Å². The molecule has 0 aromatic carbocycles. The van der Waals surface area contributed by atoms with Crippen LogP contribution in [0.25, 0.3) is 0 Å². The third-order valence-electron chi connectivity index (χ3n) is 2.98.